The summed E-state index contributed by atoms with van der Waals surface area (Å²) in [6.45, 7) is 3.98. The van der Waals surface area contributed by atoms with E-state index >= 15 is 0 Å². The number of aromatic nitrogens is 3. The Labute approximate surface area is 158 Å². The quantitative estimate of drug-likeness (QED) is 0.563. The maximum Gasteiger partial charge on any atom is 0.225 e. The summed E-state index contributed by atoms with van der Waals surface area (Å²) in [5, 5.41) is 1.16. The molecule has 27 heavy (non-hydrogen) atoms. The molecule has 7 nitrogen and oxygen atoms in total. The Hall–Kier alpha value is -3.22. The molecule has 2 N–H and O–H groups in total. The third-order valence-corrected chi connectivity index (χ3v) is 4.81. The van der Waals surface area contributed by atoms with Gasteiger partial charge in [0.05, 0.1) is 5.52 Å². The van der Waals surface area contributed by atoms with Gasteiger partial charge in [0.15, 0.2) is 5.96 Å². The molecule has 0 spiro atoms. The van der Waals surface area contributed by atoms with Crippen LogP contribution in [0.4, 0.5) is 5.95 Å². The zero-order valence-corrected chi connectivity index (χ0v) is 15.2. The number of anilines is 1. The van der Waals surface area contributed by atoms with Crippen molar-refractivity contribution in [1.29, 1.82) is 0 Å². The Balaban J connectivity index is 1.33. The molecule has 1 aliphatic heterocycles. The highest BCUT2D eigenvalue weighted by Gasteiger charge is 2.19. The number of fused-ring (bicyclic) bond motifs is 1. The van der Waals surface area contributed by atoms with Crippen LogP contribution in [0.5, 0.6) is 0 Å². The molecule has 1 aliphatic rings. The summed E-state index contributed by atoms with van der Waals surface area (Å²) in [6.07, 6.45) is 6.20. The molecule has 0 atom stereocenters. The van der Waals surface area contributed by atoms with E-state index in [1.165, 1.54) is 5.56 Å². The first kappa shape index (κ1) is 17.2. The molecule has 2 aromatic heterocycles. The summed E-state index contributed by atoms with van der Waals surface area (Å²) in [5.41, 5.74) is 8.47. The number of para-hydroxylation sites is 1. The van der Waals surface area contributed by atoms with Crippen LogP contribution < -0.4 is 10.6 Å². The van der Waals surface area contributed by atoms with Gasteiger partial charge in [-0.15, -0.1) is 0 Å². The van der Waals surface area contributed by atoms with E-state index in [1.54, 1.807) is 12.4 Å². The van der Waals surface area contributed by atoms with E-state index in [4.69, 9.17) is 5.73 Å². The lowest BCUT2D eigenvalue weighted by Crippen LogP contribution is -2.51. The monoisotopic (exact) mass is 361 g/mol. The minimum atomic E-state index is 0.608. The molecule has 0 radical (unpaired) electrons. The van der Waals surface area contributed by atoms with Gasteiger partial charge in [-0.3, -0.25) is 9.98 Å². The zero-order chi connectivity index (χ0) is 18.5. The number of piperazine rings is 1. The van der Waals surface area contributed by atoms with E-state index < -0.39 is 0 Å². The van der Waals surface area contributed by atoms with E-state index in [0.717, 1.165) is 49.5 Å². The van der Waals surface area contributed by atoms with E-state index in [0.29, 0.717) is 12.5 Å². The first-order valence-electron chi connectivity index (χ1n) is 9.21. The number of benzene rings is 1. The standard InChI is InChI=1S/C20H23N7/c21-19(26-12-14-27(15-13-26)20-24-9-3-10-25-20)23-11-7-17-5-1-4-16-6-2-8-22-18(16)17/h1-6,8-10H,7,11-15H2,(H2,21,23). The summed E-state index contributed by atoms with van der Waals surface area (Å²) >= 11 is 0. The molecule has 3 heterocycles. The predicted molar refractivity (Wildman–Crippen MR) is 108 cm³/mol. The van der Waals surface area contributed by atoms with Gasteiger partial charge >= 0.3 is 0 Å². The Morgan fingerprint density at radius 2 is 1.67 bits per heavy atom. The van der Waals surface area contributed by atoms with Crippen LogP contribution >= 0.6 is 0 Å². The molecule has 7 heteroatoms. The van der Waals surface area contributed by atoms with Crippen molar-refractivity contribution in [3.63, 3.8) is 0 Å². The van der Waals surface area contributed by atoms with Gasteiger partial charge in [0.1, 0.15) is 0 Å². The molecule has 0 bridgehead atoms. The van der Waals surface area contributed by atoms with Crippen molar-refractivity contribution in [2.75, 3.05) is 37.6 Å². The van der Waals surface area contributed by atoms with Gasteiger partial charge in [-0.2, -0.15) is 0 Å². The summed E-state index contributed by atoms with van der Waals surface area (Å²) in [7, 11) is 0. The van der Waals surface area contributed by atoms with Crippen molar-refractivity contribution in [3.05, 3.63) is 60.6 Å². The SMILES string of the molecule is NC(=NCCc1cccc2cccnc12)N1CCN(c2ncccn2)CC1. The molecule has 4 rings (SSSR count). The van der Waals surface area contributed by atoms with Gasteiger partial charge in [-0.25, -0.2) is 9.97 Å². The first-order valence-corrected chi connectivity index (χ1v) is 9.21. The zero-order valence-electron chi connectivity index (χ0n) is 15.2. The normalized spacial score (nSPS) is 15.3. The van der Waals surface area contributed by atoms with Crippen LogP contribution in [-0.4, -0.2) is 58.5 Å². The smallest absolute Gasteiger partial charge is 0.225 e. The van der Waals surface area contributed by atoms with Crippen LogP contribution in [0.3, 0.4) is 0 Å². The highest BCUT2D eigenvalue weighted by molar-refractivity contribution is 5.81. The molecule has 0 aliphatic carbocycles. The van der Waals surface area contributed by atoms with Gasteiger partial charge in [-0.05, 0) is 24.1 Å². The van der Waals surface area contributed by atoms with Crippen LogP contribution in [-0.2, 0) is 6.42 Å². The van der Waals surface area contributed by atoms with Crippen molar-refractivity contribution >= 4 is 22.8 Å². The van der Waals surface area contributed by atoms with Crippen LogP contribution in [0.2, 0.25) is 0 Å². The van der Waals surface area contributed by atoms with Crippen molar-refractivity contribution in [1.82, 2.24) is 19.9 Å². The maximum atomic E-state index is 6.22. The summed E-state index contributed by atoms with van der Waals surface area (Å²) in [4.78, 5) is 22.0. The number of aliphatic imine (C=N–C) groups is 1. The third-order valence-electron chi connectivity index (χ3n) is 4.81. The van der Waals surface area contributed by atoms with Crippen molar-refractivity contribution in [3.8, 4) is 0 Å². The second kappa shape index (κ2) is 7.99. The molecule has 0 unspecified atom stereocenters. The lowest BCUT2D eigenvalue weighted by molar-refractivity contribution is 0.378. The van der Waals surface area contributed by atoms with Gasteiger partial charge in [0, 0.05) is 56.7 Å². The minimum absolute atomic E-state index is 0.608. The van der Waals surface area contributed by atoms with Crippen LogP contribution in [0.25, 0.3) is 10.9 Å². The number of nitrogens with zero attached hydrogens (tertiary/aromatic N) is 6. The highest BCUT2D eigenvalue weighted by Crippen LogP contribution is 2.16. The van der Waals surface area contributed by atoms with Gasteiger partial charge in [-0.1, -0.05) is 24.3 Å². The summed E-state index contributed by atoms with van der Waals surface area (Å²) in [5.74, 6) is 1.38. The van der Waals surface area contributed by atoms with Gasteiger partial charge in [0.25, 0.3) is 0 Å². The number of hydrogen-bond acceptors (Lipinski definition) is 5. The van der Waals surface area contributed by atoms with Gasteiger partial charge in [0.2, 0.25) is 5.95 Å². The average molecular weight is 361 g/mol. The van der Waals surface area contributed by atoms with Crippen LogP contribution in [0, 0.1) is 0 Å². The lowest BCUT2D eigenvalue weighted by atomic mass is 10.1. The van der Waals surface area contributed by atoms with Crippen molar-refractivity contribution in [2.24, 2.45) is 10.7 Å². The topological polar surface area (TPSA) is 83.5 Å². The summed E-state index contributed by atoms with van der Waals surface area (Å²) in [6, 6.07) is 12.1. The first-order chi connectivity index (χ1) is 13.3. The number of rotatable bonds is 4. The molecule has 1 saturated heterocycles. The lowest BCUT2D eigenvalue weighted by Gasteiger charge is -2.35. The largest absolute Gasteiger partial charge is 0.370 e. The second-order valence-corrected chi connectivity index (χ2v) is 6.51. The minimum Gasteiger partial charge on any atom is -0.370 e. The molecule has 0 saturated carbocycles. The second-order valence-electron chi connectivity index (χ2n) is 6.51. The van der Waals surface area contributed by atoms with E-state index in [2.05, 4.69) is 54.0 Å². The van der Waals surface area contributed by atoms with Gasteiger partial charge < -0.3 is 15.5 Å². The predicted octanol–water partition coefficient (Wildman–Crippen LogP) is 1.70. The van der Waals surface area contributed by atoms with E-state index in [9.17, 15) is 0 Å². The van der Waals surface area contributed by atoms with Crippen molar-refractivity contribution < 1.29 is 0 Å². The Bertz CT molecular complexity index is 913. The number of nitrogens with two attached hydrogens (primary N) is 1. The molecular formula is C20H23N7. The molecule has 0 amide bonds. The number of guanidine groups is 1. The maximum absolute atomic E-state index is 6.22. The Kier molecular flexibility index (Phi) is 5.09. The number of hydrogen-bond donors (Lipinski definition) is 1. The molecule has 1 aromatic carbocycles. The van der Waals surface area contributed by atoms with Crippen LogP contribution in [0.15, 0.2) is 60.0 Å². The van der Waals surface area contributed by atoms with E-state index in [1.807, 2.05) is 18.3 Å². The fourth-order valence-electron chi connectivity index (χ4n) is 3.35. The third kappa shape index (κ3) is 3.97. The molecule has 1 fully saturated rings. The molecule has 3 aromatic rings. The number of pyridine rings is 1. The average Bonchev–Trinajstić information content (AvgIpc) is 2.74. The molecule has 138 valence electrons. The Morgan fingerprint density at radius 3 is 2.48 bits per heavy atom. The fourth-order valence-corrected chi connectivity index (χ4v) is 3.35. The highest BCUT2D eigenvalue weighted by atomic mass is 15.3. The summed E-state index contributed by atoms with van der Waals surface area (Å²) < 4.78 is 0. The fraction of sp³-hybridized carbons (Fsp3) is 0.300. The Morgan fingerprint density at radius 1 is 0.926 bits per heavy atom. The molecular weight excluding hydrogens is 338 g/mol. The van der Waals surface area contributed by atoms with Crippen LogP contribution in [0.1, 0.15) is 5.56 Å². The van der Waals surface area contributed by atoms with E-state index in [-0.39, 0.29) is 0 Å². The van der Waals surface area contributed by atoms with Crippen molar-refractivity contribution in [2.45, 2.75) is 6.42 Å².